The van der Waals surface area contributed by atoms with Crippen molar-refractivity contribution in [3.05, 3.63) is 38.7 Å². The van der Waals surface area contributed by atoms with Crippen LogP contribution in [0.15, 0.2) is 27.8 Å². The summed E-state index contributed by atoms with van der Waals surface area (Å²) < 4.78 is 6.42. The molecular formula is C9H8BrN3O. The van der Waals surface area contributed by atoms with Gasteiger partial charge in [-0.15, -0.1) is 0 Å². The summed E-state index contributed by atoms with van der Waals surface area (Å²) in [5.74, 6) is 0.817. The lowest BCUT2D eigenvalue weighted by Gasteiger charge is -2.22. The fourth-order valence-electron chi connectivity index (χ4n) is 1.53. The zero-order valence-corrected chi connectivity index (χ0v) is 8.94. The van der Waals surface area contributed by atoms with E-state index in [2.05, 4.69) is 26.0 Å². The number of azide groups is 1. The number of ether oxygens (including phenoxy) is 1. The van der Waals surface area contributed by atoms with Crippen molar-refractivity contribution in [1.29, 1.82) is 0 Å². The molecule has 0 bridgehead atoms. The minimum Gasteiger partial charge on any atom is -0.493 e. The number of benzene rings is 1. The summed E-state index contributed by atoms with van der Waals surface area (Å²) in [6, 6.07) is 5.64. The molecule has 14 heavy (non-hydrogen) atoms. The molecule has 1 heterocycles. The predicted molar refractivity (Wildman–Crippen MR) is 56.1 cm³/mol. The molecule has 5 heteroatoms. The first kappa shape index (κ1) is 9.37. The van der Waals surface area contributed by atoms with Crippen LogP contribution < -0.4 is 4.74 Å². The van der Waals surface area contributed by atoms with E-state index in [0.717, 1.165) is 22.2 Å². The van der Waals surface area contributed by atoms with Crippen LogP contribution in [0.4, 0.5) is 0 Å². The van der Waals surface area contributed by atoms with Crippen LogP contribution in [0.1, 0.15) is 18.0 Å². The van der Waals surface area contributed by atoms with Gasteiger partial charge in [-0.2, -0.15) is 0 Å². The molecule has 0 unspecified atom stereocenters. The molecule has 0 aliphatic carbocycles. The molecule has 0 aromatic heterocycles. The maximum absolute atomic E-state index is 8.42. The smallest absolute Gasteiger partial charge is 0.122 e. The average Bonchev–Trinajstić information content (AvgIpc) is 2.19. The van der Waals surface area contributed by atoms with Crippen LogP contribution in [0.5, 0.6) is 5.75 Å². The van der Waals surface area contributed by atoms with E-state index in [4.69, 9.17) is 10.3 Å². The van der Waals surface area contributed by atoms with E-state index in [1.807, 2.05) is 18.2 Å². The predicted octanol–water partition coefficient (Wildman–Crippen LogP) is 3.58. The highest BCUT2D eigenvalue weighted by Gasteiger charge is 2.20. The summed E-state index contributed by atoms with van der Waals surface area (Å²) in [5.41, 5.74) is 9.38. The molecule has 0 saturated heterocycles. The Morgan fingerprint density at radius 1 is 1.57 bits per heavy atom. The van der Waals surface area contributed by atoms with Gasteiger partial charge in [0.1, 0.15) is 5.75 Å². The number of rotatable bonds is 1. The molecule has 1 atom stereocenters. The molecule has 1 aliphatic heterocycles. The number of hydrogen-bond donors (Lipinski definition) is 0. The molecule has 2 rings (SSSR count). The van der Waals surface area contributed by atoms with Crippen molar-refractivity contribution in [2.45, 2.75) is 12.5 Å². The van der Waals surface area contributed by atoms with Crippen LogP contribution in [0.3, 0.4) is 0 Å². The van der Waals surface area contributed by atoms with E-state index in [9.17, 15) is 0 Å². The monoisotopic (exact) mass is 253 g/mol. The molecule has 0 amide bonds. The van der Waals surface area contributed by atoms with E-state index in [0.29, 0.717) is 6.61 Å². The van der Waals surface area contributed by atoms with Crippen molar-refractivity contribution in [3.63, 3.8) is 0 Å². The van der Waals surface area contributed by atoms with Crippen LogP contribution in [0.25, 0.3) is 10.4 Å². The quantitative estimate of drug-likeness (QED) is 0.429. The number of fused-ring (bicyclic) bond motifs is 1. The Hall–Kier alpha value is -1.19. The van der Waals surface area contributed by atoms with Crippen LogP contribution in [0, 0.1) is 0 Å². The van der Waals surface area contributed by atoms with Gasteiger partial charge in [0.25, 0.3) is 0 Å². The highest BCUT2D eigenvalue weighted by Crippen LogP contribution is 2.36. The number of hydrogen-bond acceptors (Lipinski definition) is 2. The van der Waals surface area contributed by atoms with Gasteiger partial charge in [-0.25, -0.2) is 0 Å². The standard InChI is InChI=1S/C9H8BrN3O/c10-6-1-2-9-7(5-6)8(12-13-11)3-4-14-9/h1-2,5,8H,3-4H2/t8-/m1/s1. The normalized spacial score (nSPS) is 19.1. The van der Waals surface area contributed by atoms with Crippen LogP contribution in [-0.2, 0) is 0 Å². The van der Waals surface area contributed by atoms with E-state index in [1.165, 1.54) is 0 Å². The van der Waals surface area contributed by atoms with Crippen molar-refractivity contribution < 1.29 is 4.74 Å². The Morgan fingerprint density at radius 3 is 3.21 bits per heavy atom. The maximum atomic E-state index is 8.42. The third kappa shape index (κ3) is 1.69. The van der Waals surface area contributed by atoms with Gasteiger partial charge in [-0.1, -0.05) is 21.0 Å². The molecule has 0 radical (unpaired) electrons. The Kier molecular flexibility index (Phi) is 2.61. The van der Waals surface area contributed by atoms with Gasteiger partial charge in [0.15, 0.2) is 0 Å². The summed E-state index contributed by atoms with van der Waals surface area (Å²) in [6.07, 6.45) is 0.744. The average molecular weight is 254 g/mol. The molecular weight excluding hydrogens is 246 g/mol. The molecule has 1 aliphatic rings. The van der Waals surface area contributed by atoms with Crippen molar-refractivity contribution in [3.8, 4) is 5.75 Å². The number of nitrogens with zero attached hydrogens (tertiary/aromatic N) is 3. The van der Waals surface area contributed by atoms with E-state index in [-0.39, 0.29) is 6.04 Å². The summed E-state index contributed by atoms with van der Waals surface area (Å²) in [5, 5.41) is 3.75. The van der Waals surface area contributed by atoms with Gasteiger partial charge < -0.3 is 4.74 Å². The second-order valence-electron chi connectivity index (χ2n) is 3.04. The zero-order chi connectivity index (χ0) is 9.97. The highest BCUT2D eigenvalue weighted by molar-refractivity contribution is 9.10. The van der Waals surface area contributed by atoms with Gasteiger partial charge >= 0.3 is 0 Å². The highest BCUT2D eigenvalue weighted by atomic mass is 79.9. The zero-order valence-electron chi connectivity index (χ0n) is 7.35. The van der Waals surface area contributed by atoms with E-state index in [1.54, 1.807) is 0 Å². The summed E-state index contributed by atoms with van der Waals surface area (Å²) in [6.45, 7) is 0.609. The lowest BCUT2D eigenvalue weighted by molar-refractivity contribution is 0.269. The minimum absolute atomic E-state index is 0.0961. The Bertz CT molecular complexity index is 401. The Labute approximate surface area is 89.6 Å². The fourth-order valence-corrected chi connectivity index (χ4v) is 1.91. The van der Waals surface area contributed by atoms with Crippen LogP contribution >= 0.6 is 15.9 Å². The lowest BCUT2D eigenvalue weighted by Crippen LogP contribution is -2.12. The van der Waals surface area contributed by atoms with Gasteiger partial charge in [0, 0.05) is 14.9 Å². The Morgan fingerprint density at radius 2 is 2.43 bits per heavy atom. The molecule has 4 nitrogen and oxygen atoms in total. The fraction of sp³-hybridized carbons (Fsp3) is 0.333. The second-order valence-corrected chi connectivity index (χ2v) is 3.96. The lowest BCUT2D eigenvalue weighted by atomic mass is 10.0. The van der Waals surface area contributed by atoms with E-state index < -0.39 is 0 Å². The van der Waals surface area contributed by atoms with Gasteiger partial charge in [-0.3, -0.25) is 0 Å². The van der Waals surface area contributed by atoms with Crippen molar-refractivity contribution in [2.24, 2.45) is 5.11 Å². The molecule has 0 saturated carbocycles. The van der Waals surface area contributed by atoms with Crippen LogP contribution in [0.2, 0.25) is 0 Å². The van der Waals surface area contributed by atoms with Crippen molar-refractivity contribution >= 4 is 15.9 Å². The Balaban J connectivity index is 2.46. The minimum atomic E-state index is -0.0961. The summed E-state index contributed by atoms with van der Waals surface area (Å²) in [4.78, 5) is 2.84. The third-order valence-corrected chi connectivity index (χ3v) is 2.66. The van der Waals surface area contributed by atoms with Crippen molar-refractivity contribution in [1.82, 2.24) is 0 Å². The third-order valence-electron chi connectivity index (χ3n) is 2.17. The topological polar surface area (TPSA) is 58.0 Å². The molecule has 0 fully saturated rings. The molecule has 0 spiro atoms. The first-order valence-corrected chi connectivity index (χ1v) is 5.07. The van der Waals surface area contributed by atoms with Crippen molar-refractivity contribution in [2.75, 3.05) is 6.61 Å². The van der Waals surface area contributed by atoms with Gasteiger partial charge in [-0.05, 0) is 30.2 Å². The first-order chi connectivity index (χ1) is 6.81. The van der Waals surface area contributed by atoms with Crippen LogP contribution in [-0.4, -0.2) is 6.61 Å². The number of halogens is 1. The first-order valence-electron chi connectivity index (χ1n) is 4.27. The second kappa shape index (κ2) is 3.90. The molecule has 1 aromatic rings. The summed E-state index contributed by atoms with van der Waals surface area (Å²) >= 11 is 3.38. The maximum Gasteiger partial charge on any atom is 0.122 e. The SMILES string of the molecule is [N-]=[N+]=N[C@@H]1CCOc2ccc(Br)cc21. The molecule has 0 N–H and O–H groups in total. The summed E-state index contributed by atoms with van der Waals surface area (Å²) in [7, 11) is 0. The molecule has 1 aromatic carbocycles. The largest absolute Gasteiger partial charge is 0.493 e. The van der Waals surface area contributed by atoms with E-state index >= 15 is 0 Å². The van der Waals surface area contributed by atoms with Gasteiger partial charge in [0.2, 0.25) is 0 Å². The molecule has 72 valence electrons. The van der Waals surface area contributed by atoms with Gasteiger partial charge in [0.05, 0.1) is 12.6 Å².